The van der Waals surface area contributed by atoms with Crippen molar-refractivity contribution in [3.8, 4) is 17.2 Å². The van der Waals surface area contributed by atoms with Crippen LogP contribution >= 0.6 is 11.6 Å². The molecule has 0 saturated heterocycles. The third-order valence-electron chi connectivity index (χ3n) is 3.36. The average molecular weight is 350 g/mol. The van der Waals surface area contributed by atoms with Crippen molar-refractivity contribution in [2.75, 3.05) is 32.4 Å². The van der Waals surface area contributed by atoms with E-state index in [1.807, 2.05) is 0 Å². The van der Waals surface area contributed by atoms with Gasteiger partial charge in [0.25, 0.3) is 5.91 Å². The van der Waals surface area contributed by atoms with Gasteiger partial charge in [0.15, 0.2) is 11.5 Å². The second kappa shape index (κ2) is 7.42. The summed E-state index contributed by atoms with van der Waals surface area (Å²) in [5, 5.41) is 3.14. The molecule has 0 bridgehead atoms. The van der Waals surface area contributed by atoms with Crippen LogP contribution in [-0.2, 0) is 4.74 Å². The molecule has 2 aromatic rings. The van der Waals surface area contributed by atoms with E-state index in [0.717, 1.165) is 0 Å². The number of nitrogens with one attached hydrogen (secondary N) is 1. The predicted molar refractivity (Wildman–Crippen MR) is 89.3 cm³/mol. The fraction of sp³-hybridized carbons (Fsp3) is 0.235. The minimum absolute atomic E-state index is 0.102. The molecule has 1 amide bonds. The Kier molecular flexibility index (Phi) is 5.08. The van der Waals surface area contributed by atoms with Crippen LogP contribution in [0.4, 0.5) is 5.69 Å². The molecule has 1 aliphatic rings. The summed E-state index contributed by atoms with van der Waals surface area (Å²) in [5.41, 5.74) is 1.04. The molecule has 1 aliphatic heterocycles. The molecule has 0 saturated carbocycles. The standard InChI is InChI=1S/C17H16ClNO5/c1-21-6-7-22-13-4-2-12(3-5-13)19-17(20)11-8-14(18)16-15(9-11)23-10-24-16/h2-5,8-9H,6-7,10H2,1H3,(H,19,20). The van der Waals surface area contributed by atoms with Crippen LogP contribution in [0.5, 0.6) is 17.2 Å². The number of anilines is 1. The van der Waals surface area contributed by atoms with Crippen LogP contribution in [0.1, 0.15) is 10.4 Å². The quantitative estimate of drug-likeness (QED) is 0.810. The monoisotopic (exact) mass is 349 g/mol. The Morgan fingerprint density at radius 1 is 1.21 bits per heavy atom. The summed E-state index contributed by atoms with van der Waals surface area (Å²) in [6.07, 6.45) is 0. The number of ether oxygens (including phenoxy) is 4. The molecule has 24 heavy (non-hydrogen) atoms. The van der Waals surface area contributed by atoms with E-state index in [2.05, 4.69) is 5.32 Å². The van der Waals surface area contributed by atoms with Crippen molar-refractivity contribution in [2.24, 2.45) is 0 Å². The van der Waals surface area contributed by atoms with Crippen molar-refractivity contribution in [3.63, 3.8) is 0 Å². The number of halogens is 1. The molecule has 2 aromatic carbocycles. The SMILES string of the molecule is COCCOc1ccc(NC(=O)c2cc(Cl)c3c(c2)OCO3)cc1. The van der Waals surface area contributed by atoms with E-state index in [1.54, 1.807) is 43.5 Å². The molecule has 126 valence electrons. The first-order valence-electron chi connectivity index (χ1n) is 7.29. The maximum absolute atomic E-state index is 12.3. The average Bonchev–Trinajstić information content (AvgIpc) is 3.06. The maximum Gasteiger partial charge on any atom is 0.255 e. The molecule has 7 heteroatoms. The van der Waals surface area contributed by atoms with E-state index in [0.29, 0.717) is 46.7 Å². The number of carbonyl (C=O) groups excluding carboxylic acids is 1. The Morgan fingerprint density at radius 2 is 2.00 bits per heavy atom. The molecule has 6 nitrogen and oxygen atoms in total. The number of carbonyl (C=O) groups is 1. The number of hydrogen-bond donors (Lipinski definition) is 1. The Labute approximate surface area is 144 Å². The van der Waals surface area contributed by atoms with Crippen molar-refractivity contribution < 1.29 is 23.7 Å². The molecule has 1 heterocycles. The van der Waals surface area contributed by atoms with Crippen molar-refractivity contribution in [1.29, 1.82) is 0 Å². The lowest BCUT2D eigenvalue weighted by Gasteiger charge is -2.09. The number of benzene rings is 2. The number of hydrogen-bond acceptors (Lipinski definition) is 5. The van der Waals surface area contributed by atoms with Gasteiger partial charge in [-0.05, 0) is 36.4 Å². The Balaban J connectivity index is 1.65. The molecular formula is C17H16ClNO5. The van der Waals surface area contributed by atoms with Gasteiger partial charge in [-0.25, -0.2) is 0 Å². The van der Waals surface area contributed by atoms with Gasteiger partial charge in [-0.15, -0.1) is 0 Å². The van der Waals surface area contributed by atoms with Crippen LogP contribution in [-0.4, -0.2) is 33.0 Å². The van der Waals surface area contributed by atoms with Crippen LogP contribution in [0.3, 0.4) is 0 Å². The van der Waals surface area contributed by atoms with Crippen molar-refractivity contribution >= 4 is 23.2 Å². The van der Waals surface area contributed by atoms with E-state index >= 15 is 0 Å². The Bertz CT molecular complexity index is 733. The van der Waals surface area contributed by atoms with E-state index in [-0.39, 0.29) is 12.7 Å². The third kappa shape index (κ3) is 3.72. The fourth-order valence-corrected chi connectivity index (χ4v) is 2.44. The second-order valence-corrected chi connectivity index (χ2v) is 5.42. The number of amides is 1. The lowest BCUT2D eigenvalue weighted by molar-refractivity contribution is 0.102. The van der Waals surface area contributed by atoms with Crippen molar-refractivity contribution in [2.45, 2.75) is 0 Å². The van der Waals surface area contributed by atoms with Crippen LogP contribution in [0.15, 0.2) is 36.4 Å². The predicted octanol–water partition coefficient (Wildman–Crippen LogP) is 3.35. The summed E-state index contributed by atoms with van der Waals surface area (Å²) >= 11 is 6.09. The van der Waals surface area contributed by atoms with E-state index in [1.165, 1.54) is 0 Å². The van der Waals surface area contributed by atoms with E-state index in [4.69, 9.17) is 30.5 Å². The summed E-state index contributed by atoms with van der Waals surface area (Å²) in [6.45, 7) is 1.09. The zero-order valence-corrected chi connectivity index (χ0v) is 13.8. The van der Waals surface area contributed by atoms with Gasteiger partial charge < -0.3 is 24.3 Å². The molecule has 0 aromatic heterocycles. The minimum atomic E-state index is -0.289. The van der Waals surface area contributed by atoms with Crippen LogP contribution in [0.2, 0.25) is 5.02 Å². The highest BCUT2D eigenvalue weighted by Crippen LogP contribution is 2.39. The molecule has 0 aliphatic carbocycles. The first-order chi connectivity index (χ1) is 11.7. The van der Waals surface area contributed by atoms with Gasteiger partial charge in [0.05, 0.1) is 11.6 Å². The van der Waals surface area contributed by atoms with E-state index in [9.17, 15) is 4.79 Å². The topological polar surface area (TPSA) is 66.0 Å². The molecule has 3 rings (SSSR count). The van der Waals surface area contributed by atoms with Crippen LogP contribution in [0, 0.1) is 0 Å². The number of rotatable bonds is 6. The third-order valence-corrected chi connectivity index (χ3v) is 3.64. The van der Waals surface area contributed by atoms with Gasteiger partial charge in [0.1, 0.15) is 12.4 Å². The smallest absolute Gasteiger partial charge is 0.255 e. The van der Waals surface area contributed by atoms with Gasteiger partial charge in [-0.2, -0.15) is 0 Å². The molecule has 0 spiro atoms. The lowest BCUT2D eigenvalue weighted by Crippen LogP contribution is -2.12. The van der Waals surface area contributed by atoms with Gasteiger partial charge in [0.2, 0.25) is 6.79 Å². The zero-order valence-electron chi connectivity index (χ0n) is 13.0. The molecule has 0 unspecified atom stereocenters. The van der Waals surface area contributed by atoms with Crippen molar-refractivity contribution in [3.05, 3.63) is 47.0 Å². The van der Waals surface area contributed by atoms with Gasteiger partial charge in [-0.1, -0.05) is 11.6 Å². The molecule has 0 atom stereocenters. The highest BCUT2D eigenvalue weighted by molar-refractivity contribution is 6.32. The first-order valence-corrected chi connectivity index (χ1v) is 7.67. The van der Waals surface area contributed by atoms with Gasteiger partial charge in [0, 0.05) is 18.4 Å². The van der Waals surface area contributed by atoms with Crippen LogP contribution in [0.25, 0.3) is 0 Å². The highest BCUT2D eigenvalue weighted by atomic mass is 35.5. The fourth-order valence-electron chi connectivity index (χ4n) is 2.18. The summed E-state index contributed by atoms with van der Waals surface area (Å²) in [5.74, 6) is 1.35. The summed E-state index contributed by atoms with van der Waals surface area (Å²) in [4.78, 5) is 12.3. The molecule has 0 radical (unpaired) electrons. The molecule has 1 N–H and O–H groups in total. The largest absolute Gasteiger partial charge is 0.491 e. The Hall–Kier alpha value is -2.44. The maximum atomic E-state index is 12.3. The summed E-state index contributed by atoms with van der Waals surface area (Å²) in [6, 6.07) is 10.2. The lowest BCUT2D eigenvalue weighted by atomic mass is 10.2. The highest BCUT2D eigenvalue weighted by Gasteiger charge is 2.20. The van der Waals surface area contributed by atoms with Crippen LogP contribution < -0.4 is 19.5 Å². The van der Waals surface area contributed by atoms with E-state index < -0.39 is 0 Å². The number of methoxy groups -OCH3 is 1. The summed E-state index contributed by atoms with van der Waals surface area (Å²) < 4.78 is 20.9. The molecular weight excluding hydrogens is 334 g/mol. The second-order valence-electron chi connectivity index (χ2n) is 5.01. The number of fused-ring (bicyclic) bond motifs is 1. The van der Waals surface area contributed by atoms with Gasteiger partial charge >= 0.3 is 0 Å². The van der Waals surface area contributed by atoms with Crippen molar-refractivity contribution in [1.82, 2.24) is 0 Å². The zero-order chi connectivity index (χ0) is 16.9. The molecule has 0 fully saturated rings. The Morgan fingerprint density at radius 3 is 2.75 bits per heavy atom. The normalized spacial score (nSPS) is 12.1. The summed E-state index contributed by atoms with van der Waals surface area (Å²) in [7, 11) is 1.62. The first kappa shape index (κ1) is 16.4. The van der Waals surface area contributed by atoms with Gasteiger partial charge in [-0.3, -0.25) is 4.79 Å². The minimum Gasteiger partial charge on any atom is -0.491 e.